The predicted octanol–water partition coefficient (Wildman–Crippen LogP) is -3.17. The molecule has 18 heteroatoms. The molecule has 0 aliphatic heterocycles. The summed E-state index contributed by atoms with van der Waals surface area (Å²) in [5.41, 5.74) is 0.903. The molecule has 0 bridgehead atoms. The normalized spacial score (nSPS) is 12.6. The second kappa shape index (κ2) is 15.5. The fourth-order valence-electron chi connectivity index (χ4n) is 3.61. The number of aliphatic carboxylic acids is 4. The molecule has 0 saturated heterocycles. The predicted molar refractivity (Wildman–Crippen MR) is 132 cm³/mol. The molecular weight excluding hydrogens is 536 g/mol. The number of amides is 2. The van der Waals surface area contributed by atoms with E-state index in [2.05, 4.69) is 30.6 Å². The molecular formula is C22H30N8O10. The molecule has 0 aliphatic carbocycles. The van der Waals surface area contributed by atoms with Gasteiger partial charge >= 0.3 is 23.9 Å². The first-order valence-corrected chi connectivity index (χ1v) is 11.8. The van der Waals surface area contributed by atoms with Gasteiger partial charge in [0.2, 0.25) is 11.8 Å². The number of aromatic nitrogens is 4. The van der Waals surface area contributed by atoms with Crippen molar-refractivity contribution in [1.82, 2.24) is 40.4 Å². The SMILES string of the molecule is O=C(O)CN(CCN(CC(=O)O)CC(=O)N[C@H](Cc1cnc[nH]1)C(=O)O)CC(=O)N[C@H](Cc1cnc[nH]1)C(=O)O. The van der Waals surface area contributed by atoms with Gasteiger partial charge in [-0.1, -0.05) is 0 Å². The molecule has 2 atom stereocenters. The van der Waals surface area contributed by atoms with Crippen molar-refractivity contribution in [3.8, 4) is 0 Å². The number of nitrogens with one attached hydrogen (secondary N) is 4. The van der Waals surface area contributed by atoms with Crippen LogP contribution in [-0.2, 0) is 41.6 Å². The van der Waals surface area contributed by atoms with Gasteiger partial charge < -0.3 is 41.0 Å². The summed E-state index contributed by atoms with van der Waals surface area (Å²) in [6.45, 7) is -2.70. The van der Waals surface area contributed by atoms with Gasteiger partial charge in [0.15, 0.2) is 0 Å². The topological polar surface area (TPSA) is 271 Å². The Bertz CT molecular complexity index is 1060. The summed E-state index contributed by atoms with van der Waals surface area (Å²) in [7, 11) is 0. The molecule has 40 heavy (non-hydrogen) atoms. The number of aromatic amines is 2. The number of carbonyl (C=O) groups excluding carboxylic acids is 2. The van der Waals surface area contributed by atoms with E-state index in [0.29, 0.717) is 11.4 Å². The van der Waals surface area contributed by atoms with Gasteiger partial charge in [0.1, 0.15) is 12.1 Å². The maximum Gasteiger partial charge on any atom is 0.326 e. The lowest BCUT2D eigenvalue weighted by atomic mass is 10.1. The van der Waals surface area contributed by atoms with Crippen molar-refractivity contribution < 1.29 is 49.2 Å². The summed E-state index contributed by atoms with van der Waals surface area (Å²) in [5.74, 6) is -6.83. The summed E-state index contributed by atoms with van der Waals surface area (Å²) in [6, 6.07) is -2.65. The van der Waals surface area contributed by atoms with Crippen LogP contribution in [0.15, 0.2) is 25.0 Å². The lowest BCUT2D eigenvalue weighted by Gasteiger charge is -2.26. The van der Waals surface area contributed by atoms with Crippen LogP contribution < -0.4 is 10.6 Å². The zero-order chi connectivity index (χ0) is 29.7. The largest absolute Gasteiger partial charge is 0.480 e. The van der Waals surface area contributed by atoms with Crippen molar-refractivity contribution >= 4 is 35.7 Å². The number of carboxylic acids is 4. The first-order chi connectivity index (χ1) is 18.9. The first kappa shape index (κ1) is 31.4. The van der Waals surface area contributed by atoms with E-state index in [9.17, 15) is 49.2 Å². The van der Waals surface area contributed by atoms with E-state index >= 15 is 0 Å². The maximum atomic E-state index is 12.5. The van der Waals surface area contributed by atoms with Crippen LogP contribution in [0.3, 0.4) is 0 Å². The quantitative estimate of drug-likeness (QED) is 0.0833. The minimum Gasteiger partial charge on any atom is -0.480 e. The molecule has 218 valence electrons. The van der Waals surface area contributed by atoms with Gasteiger partial charge in [-0.2, -0.15) is 0 Å². The summed E-state index contributed by atoms with van der Waals surface area (Å²) < 4.78 is 0. The summed E-state index contributed by atoms with van der Waals surface area (Å²) >= 11 is 0. The van der Waals surface area contributed by atoms with Crippen molar-refractivity contribution in [2.45, 2.75) is 24.9 Å². The summed E-state index contributed by atoms with van der Waals surface area (Å²) in [6.07, 6.45) is 5.27. The molecule has 0 fully saturated rings. The van der Waals surface area contributed by atoms with Gasteiger partial charge in [-0.25, -0.2) is 19.6 Å². The minimum absolute atomic E-state index is 0.0980. The second-order valence-electron chi connectivity index (χ2n) is 8.69. The van der Waals surface area contributed by atoms with Crippen LogP contribution in [0.5, 0.6) is 0 Å². The Kier molecular flexibility index (Phi) is 12.2. The lowest BCUT2D eigenvalue weighted by Crippen LogP contribution is -2.50. The highest BCUT2D eigenvalue weighted by molar-refractivity contribution is 5.86. The minimum atomic E-state index is -1.32. The van der Waals surface area contributed by atoms with Crippen molar-refractivity contribution in [3.63, 3.8) is 0 Å². The van der Waals surface area contributed by atoms with Crippen molar-refractivity contribution in [3.05, 3.63) is 36.4 Å². The third-order valence-electron chi connectivity index (χ3n) is 5.41. The van der Waals surface area contributed by atoms with Gasteiger partial charge in [-0.05, 0) is 0 Å². The number of imidazole rings is 2. The fraction of sp³-hybridized carbons (Fsp3) is 0.455. The van der Waals surface area contributed by atoms with Crippen LogP contribution in [0.4, 0.5) is 0 Å². The van der Waals surface area contributed by atoms with E-state index in [1.165, 1.54) is 25.0 Å². The van der Waals surface area contributed by atoms with Gasteiger partial charge in [-0.15, -0.1) is 0 Å². The summed E-state index contributed by atoms with van der Waals surface area (Å²) in [5, 5.41) is 41.9. The average molecular weight is 567 g/mol. The summed E-state index contributed by atoms with van der Waals surface area (Å²) in [4.78, 5) is 86.1. The van der Waals surface area contributed by atoms with E-state index in [0.717, 1.165) is 9.80 Å². The Morgan fingerprint density at radius 2 is 1.05 bits per heavy atom. The van der Waals surface area contributed by atoms with E-state index in [-0.39, 0.29) is 25.9 Å². The van der Waals surface area contributed by atoms with Gasteiger partial charge in [0.05, 0.1) is 38.8 Å². The molecule has 0 aromatic carbocycles. The highest BCUT2D eigenvalue weighted by Crippen LogP contribution is 2.02. The molecule has 2 rings (SSSR count). The Labute approximate surface area is 226 Å². The number of rotatable bonds is 19. The van der Waals surface area contributed by atoms with Gasteiger partial charge in [-0.3, -0.25) is 29.0 Å². The van der Waals surface area contributed by atoms with E-state index in [1.54, 1.807) is 0 Å². The Hall–Kier alpha value is -4.84. The molecule has 0 unspecified atom stereocenters. The van der Waals surface area contributed by atoms with Crippen LogP contribution in [0.1, 0.15) is 11.4 Å². The van der Waals surface area contributed by atoms with Crippen LogP contribution in [0, 0.1) is 0 Å². The van der Waals surface area contributed by atoms with Crippen molar-refractivity contribution in [1.29, 1.82) is 0 Å². The Balaban J connectivity index is 1.99. The molecule has 0 spiro atoms. The van der Waals surface area contributed by atoms with Crippen LogP contribution in [0.2, 0.25) is 0 Å². The number of hydrogen-bond acceptors (Lipinski definition) is 10. The number of carboxylic acid groups (broad SMARTS) is 4. The number of carbonyl (C=O) groups is 6. The average Bonchev–Trinajstić information content (AvgIpc) is 3.55. The van der Waals surface area contributed by atoms with Crippen LogP contribution in [-0.4, -0.2) is 137 Å². The van der Waals surface area contributed by atoms with E-state index in [4.69, 9.17) is 0 Å². The zero-order valence-electron chi connectivity index (χ0n) is 21.1. The van der Waals surface area contributed by atoms with Crippen LogP contribution in [0.25, 0.3) is 0 Å². The molecule has 2 amide bonds. The standard InChI is InChI=1S/C22H30N8O10/c31-17(27-15(21(37)38)3-13-5-23-11-25-13)7-29(9-19(33)34)1-2-30(10-20(35)36)8-18(32)28-16(22(39)40)4-14-6-24-12-26-14/h5-6,11-12,15-16H,1-4,7-10H2,(H,23,25)(H,24,26)(H,27,31)(H,28,32)(H,33,34)(H,35,36)(H,37,38)(H,39,40)/t15-,16-/m1/s1. The third-order valence-corrected chi connectivity index (χ3v) is 5.41. The van der Waals surface area contributed by atoms with E-state index in [1.807, 2.05) is 0 Å². The highest BCUT2D eigenvalue weighted by atomic mass is 16.4. The van der Waals surface area contributed by atoms with Crippen molar-refractivity contribution in [2.24, 2.45) is 0 Å². The van der Waals surface area contributed by atoms with Gasteiger partial charge in [0, 0.05) is 49.7 Å². The molecule has 8 N–H and O–H groups in total. The Morgan fingerprint density at radius 1 is 0.675 bits per heavy atom. The van der Waals surface area contributed by atoms with Crippen LogP contribution >= 0.6 is 0 Å². The fourth-order valence-corrected chi connectivity index (χ4v) is 3.61. The second-order valence-corrected chi connectivity index (χ2v) is 8.69. The van der Waals surface area contributed by atoms with Crippen molar-refractivity contribution in [2.75, 3.05) is 39.3 Å². The molecule has 18 nitrogen and oxygen atoms in total. The number of nitrogens with zero attached hydrogens (tertiary/aromatic N) is 4. The first-order valence-electron chi connectivity index (χ1n) is 11.8. The monoisotopic (exact) mass is 566 g/mol. The number of hydrogen-bond donors (Lipinski definition) is 8. The molecule has 0 radical (unpaired) electrons. The number of H-pyrrole nitrogens is 2. The lowest BCUT2D eigenvalue weighted by molar-refractivity contribution is -0.143. The molecule has 2 aromatic heterocycles. The highest BCUT2D eigenvalue weighted by Gasteiger charge is 2.25. The van der Waals surface area contributed by atoms with Gasteiger partial charge in [0.25, 0.3) is 0 Å². The zero-order valence-corrected chi connectivity index (χ0v) is 21.1. The third kappa shape index (κ3) is 11.7. The molecule has 0 aliphatic rings. The molecule has 0 saturated carbocycles. The molecule has 2 aromatic rings. The Morgan fingerprint density at radius 3 is 1.32 bits per heavy atom. The smallest absolute Gasteiger partial charge is 0.326 e. The molecule has 2 heterocycles. The van der Waals surface area contributed by atoms with E-state index < -0.39 is 74.0 Å². The maximum absolute atomic E-state index is 12.5.